The van der Waals surface area contributed by atoms with Crippen molar-refractivity contribution in [2.24, 2.45) is 0 Å². The van der Waals surface area contributed by atoms with Gasteiger partial charge in [0.2, 0.25) is 17.8 Å². The third kappa shape index (κ3) is 5.41. The Balaban J connectivity index is 3.01. The topological polar surface area (TPSA) is 92.3 Å². The predicted octanol–water partition coefficient (Wildman–Crippen LogP) is 0.665. The molecule has 8 nitrogen and oxygen atoms in total. The molecule has 118 valence electrons. The van der Waals surface area contributed by atoms with Crippen molar-refractivity contribution in [1.29, 1.82) is 0 Å². The second-order valence-corrected chi connectivity index (χ2v) is 4.43. The normalized spacial score (nSPS) is 10.1. The zero-order valence-corrected chi connectivity index (χ0v) is 13.1. The monoisotopic (exact) mass is 296 g/mol. The molecule has 1 heterocycles. The fourth-order valence-electron chi connectivity index (χ4n) is 1.63. The molecule has 0 atom stereocenters. The van der Waals surface area contributed by atoms with Crippen LogP contribution in [0.15, 0.2) is 0 Å². The molecule has 0 saturated heterocycles. The summed E-state index contributed by atoms with van der Waals surface area (Å²) in [6, 6.07) is 0.268. The third-order valence-electron chi connectivity index (χ3n) is 2.65. The third-order valence-corrected chi connectivity index (χ3v) is 2.65. The van der Waals surface area contributed by atoms with Gasteiger partial charge in [0.15, 0.2) is 0 Å². The molecule has 0 fully saturated rings. The first-order valence-corrected chi connectivity index (χ1v) is 7.16. The number of aromatic nitrogens is 3. The summed E-state index contributed by atoms with van der Waals surface area (Å²) < 4.78 is 5.47. The van der Waals surface area contributed by atoms with Gasteiger partial charge in [0.25, 0.3) is 0 Å². The van der Waals surface area contributed by atoms with E-state index in [9.17, 15) is 4.79 Å². The molecule has 0 saturated carbocycles. The number of hydrogen-bond donors (Lipinski definition) is 2. The molecular weight excluding hydrogens is 272 g/mol. The molecule has 1 rings (SSSR count). The first kappa shape index (κ1) is 16.9. The second kappa shape index (κ2) is 8.93. The Morgan fingerprint density at radius 3 is 2.52 bits per heavy atom. The Bertz CT molecular complexity index is 454. The van der Waals surface area contributed by atoms with Crippen molar-refractivity contribution < 1.29 is 9.53 Å². The molecule has 0 aliphatic rings. The minimum absolute atomic E-state index is 0.0918. The lowest BCUT2D eigenvalue weighted by molar-refractivity contribution is -0.119. The highest BCUT2D eigenvalue weighted by Gasteiger charge is 2.16. The summed E-state index contributed by atoms with van der Waals surface area (Å²) in [7, 11) is 3.33. The van der Waals surface area contributed by atoms with Crippen molar-refractivity contribution >= 4 is 17.8 Å². The van der Waals surface area contributed by atoms with E-state index < -0.39 is 0 Å². The largest absolute Gasteiger partial charge is 0.463 e. The molecule has 0 unspecified atom stereocenters. The molecule has 8 heteroatoms. The van der Waals surface area contributed by atoms with Gasteiger partial charge in [-0.3, -0.25) is 4.79 Å². The van der Waals surface area contributed by atoms with Gasteiger partial charge in [-0.25, -0.2) is 0 Å². The van der Waals surface area contributed by atoms with Crippen LogP contribution in [-0.2, 0) is 4.79 Å². The predicted molar refractivity (Wildman–Crippen MR) is 81.7 cm³/mol. The van der Waals surface area contributed by atoms with Gasteiger partial charge < -0.3 is 20.3 Å². The summed E-state index contributed by atoms with van der Waals surface area (Å²) in [5.74, 6) is 0.765. The number of amides is 1. The van der Waals surface area contributed by atoms with Gasteiger partial charge in [-0.2, -0.15) is 15.0 Å². The highest BCUT2D eigenvalue weighted by molar-refractivity contribution is 5.80. The molecule has 0 aromatic carbocycles. The highest BCUT2D eigenvalue weighted by atomic mass is 16.5. The number of likely N-dealkylation sites (N-methyl/N-ethyl adjacent to an activating group) is 1. The quantitative estimate of drug-likeness (QED) is 0.691. The van der Waals surface area contributed by atoms with E-state index in [0.717, 1.165) is 12.8 Å². The molecule has 0 radical (unpaired) electrons. The molecule has 0 aliphatic heterocycles. The van der Waals surface area contributed by atoms with Crippen LogP contribution in [0.1, 0.15) is 26.7 Å². The van der Waals surface area contributed by atoms with Crippen LogP contribution in [0.5, 0.6) is 6.01 Å². The standard InChI is InChI=1S/C13H24N6O2/c1-5-7-19(9-10(20)14-3)12-16-11(15-4)17-13(18-12)21-8-6-2/h5-9H2,1-4H3,(H,14,20)(H,15,16,17,18). The molecular formula is C13H24N6O2. The SMILES string of the molecule is CCCOc1nc(NC)nc(N(CCC)CC(=O)NC)n1. The van der Waals surface area contributed by atoms with Gasteiger partial charge in [-0.1, -0.05) is 13.8 Å². The first-order valence-electron chi connectivity index (χ1n) is 7.16. The van der Waals surface area contributed by atoms with Crippen molar-refractivity contribution in [2.75, 3.05) is 44.0 Å². The van der Waals surface area contributed by atoms with Crippen LogP contribution in [0, 0.1) is 0 Å². The smallest absolute Gasteiger partial charge is 0.323 e. The zero-order valence-electron chi connectivity index (χ0n) is 13.1. The van der Waals surface area contributed by atoms with Gasteiger partial charge in [0, 0.05) is 20.6 Å². The van der Waals surface area contributed by atoms with Gasteiger partial charge in [0.1, 0.15) is 0 Å². The van der Waals surface area contributed by atoms with E-state index in [0.29, 0.717) is 25.0 Å². The van der Waals surface area contributed by atoms with E-state index >= 15 is 0 Å². The Kier molecular flexibility index (Phi) is 7.20. The first-order chi connectivity index (χ1) is 10.1. The van der Waals surface area contributed by atoms with E-state index in [1.807, 2.05) is 13.8 Å². The summed E-state index contributed by atoms with van der Waals surface area (Å²) in [6.07, 6.45) is 1.75. The van der Waals surface area contributed by atoms with E-state index in [1.54, 1.807) is 19.0 Å². The fourth-order valence-corrected chi connectivity index (χ4v) is 1.63. The van der Waals surface area contributed by atoms with Crippen molar-refractivity contribution in [3.8, 4) is 6.01 Å². The molecule has 21 heavy (non-hydrogen) atoms. The summed E-state index contributed by atoms with van der Waals surface area (Å²) in [5, 5.41) is 5.48. The Morgan fingerprint density at radius 1 is 1.19 bits per heavy atom. The van der Waals surface area contributed by atoms with Crippen molar-refractivity contribution in [3.63, 3.8) is 0 Å². The number of nitrogens with one attached hydrogen (secondary N) is 2. The summed E-state index contributed by atoms with van der Waals surface area (Å²) in [5.41, 5.74) is 0. The molecule has 1 aromatic rings. The highest BCUT2D eigenvalue weighted by Crippen LogP contribution is 2.15. The van der Waals surface area contributed by atoms with E-state index in [1.165, 1.54) is 0 Å². The maximum Gasteiger partial charge on any atom is 0.323 e. The van der Waals surface area contributed by atoms with Crippen LogP contribution >= 0.6 is 0 Å². The van der Waals surface area contributed by atoms with Gasteiger partial charge in [0.05, 0.1) is 13.2 Å². The Labute approximate surface area is 125 Å². The maximum atomic E-state index is 11.6. The molecule has 0 bridgehead atoms. The maximum absolute atomic E-state index is 11.6. The minimum atomic E-state index is -0.0918. The summed E-state index contributed by atoms with van der Waals surface area (Å²) in [6.45, 7) is 5.45. The lowest BCUT2D eigenvalue weighted by atomic mass is 10.4. The van der Waals surface area contributed by atoms with Crippen molar-refractivity contribution in [3.05, 3.63) is 0 Å². The second-order valence-electron chi connectivity index (χ2n) is 4.43. The average molecular weight is 296 g/mol. The molecule has 1 amide bonds. The minimum Gasteiger partial charge on any atom is -0.463 e. The van der Waals surface area contributed by atoms with Gasteiger partial charge >= 0.3 is 6.01 Å². The van der Waals surface area contributed by atoms with Crippen LogP contribution in [0.3, 0.4) is 0 Å². The number of carbonyl (C=O) groups excluding carboxylic acids is 1. The number of anilines is 2. The summed E-state index contributed by atoms with van der Waals surface area (Å²) in [4.78, 5) is 26.2. The molecule has 0 spiro atoms. The number of carbonyl (C=O) groups is 1. The van der Waals surface area contributed by atoms with Crippen LogP contribution in [0.4, 0.5) is 11.9 Å². The number of ether oxygens (including phenoxy) is 1. The summed E-state index contributed by atoms with van der Waals surface area (Å²) >= 11 is 0. The lowest BCUT2D eigenvalue weighted by Crippen LogP contribution is -2.37. The van der Waals surface area contributed by atoms with Gasteiger partial charge in [-0.05, 0) is 12.8 Å². The van der Waals surface area contributed by atoms with E-state index in [4.69, 9.17) is 4.74 Å². The van der Waals surface area contributed by atoms with Crippen LogP contribution < -0.4 is 20.3 Å². The Hall–Kier alpha value is -2.12. The molecule has 0 aliphatic carbocycles. The Morgan fingerprint density at radius 2 is 1.95 bits per heavy atom. The molecule has 2 N–H and O–H groups in total. The van der Waals surface area contributed by atoms with Crippen LogP contribution in [0.25, 0.3) is 0 Å². The van der Waals surface area contributed by atoms with Crippen molar-refractivity contribution in [2.45, 2.75) is 26.7 Å². The van der Waals surface area contributed by atoms with Gasteiger partial charge in [-0.15, -0.1) is 0 Å². The molecule has 1 aromatic heterocycles. The number of hydrogen-bond acceptors (Lipinski definition) is 7. The van der Waals surface area contributed by atoms with Crippen molar-refractivity contribution in [1.82, 2.24) is 20.3 Å². The van der Waals surface area contributed by atoms with Crippen LogP contribution in [0.2, 0.25) is 0 Å². The number of nitrogens with zero attached hydrogens (tertiary/aromatic N) is 4. The zero-order chi connectivity index (χ0) is 15.7. The van der Waals surface area contributed by atoms with E-state index in [-0.39, 0.29) is 18.5 Å². The number of rotatable bonds is 9. The lowest BCUT2D eigenvalue weighted by Gasteiger charge is -2.21. The average Bonchev–Trinajstić information content (AvgIpc) is 2.51. The van der Waals surface area contributed by atoms with Crippen LogP contribution in [-0.4, -0.2) is 54.7 Å². The van der Waals surface area contributed by atoms with E-state index in [2.05, 4.69) is 25.6 Å². The fraction of sp³-hybridized carbons (Fsp3) is 0.692.